The lowest BCUT2D eigenvalue weighted by Crippen LogP contribution is -2.12. The third kappa shape index (κ3) is 1.22. The Morgan fingerprint density at radius 1 is 1.88 bits per heavy atom. The van der Waals surface area contributed by atoms with Crippen molar-refractivity contribution in [3.8, 4) is 0 Å². The third-order valence-electron chi connectivity index (χ3n) is 0.935. The van der Waals surface area contributed by atoms with Crippen LogP contribution in [0.3, 0.4) is 0 Å². The van der Waals surface area contributed by atoms with Gasteiger partial charge in [-0.05, 0) is 13.8 Å². The summed E-state index contributed by atoms with van der Waals surface area (Å²) in [5.41, 5.74) is 0. The van der Waals surface area contributed by atoms with Gasteiger partial charge in [-0.25, -0.2) is 9.38 Å². The van der Waals surface area contributed by atoms with Crippen LogP contribution in [0.1, 0.15) is 13.8 Å². The van der Waals surface area contributed by atoms with Crippen LogP contribution in [0.15, 0.2) is 4.99 Å². The van der Waals surface area contributed by atoms with Crippen molar-refractivity contribution in [2.24, 2.45) is 4.99 Å². The minimum absolute atomic E-state index is 0.485. The zero-order valence-corrected chi connectivity index (χ0v) is 5.76. The lowest BCUT2D eigenvalue weighted by Gasteiger charge is -2.03. The quantitative estimate of drug-likeness (QED) is 0.459. The van der Waals surface area contributed by atoms with E-state index in [0.29, 0.717) is 5.75 Å². The van der Waals surface area contributed by atoms with Gasteiger partial charge in [-0.3, -0.25) is 0 Å². The van der Waals surface area contributed by atoms with Crippen molar-refractivity contribution in [3.63, 3.8) is 0 Å². The molecule has 0 radical (unpaired) electrons. The molecule has 3 heteroatoms. The number of rotatable bonds is 0. The van der Waals surface area contributed by atoms with E-state index in [1.165, 1.54) is 18.7 Å². The minimum Gasteiger partial charge on any atom is -0.243 e. The molecule has 0 bridgehead atoms. The van der Waals surface area contributed by atoms with E-state index in [4.69, 9.17) is 0 Å². The second kappa shape index (κ2) is 1.72. The van der Waals surface area contributed by atoms with Crippen molar-refractivity contribution in [1.29, 1.82) is 0 Å². The molecule has 0 fully saturated rings. The predicted octanol–water partition coefficient (Wildman–Crippen LogP) is 1.84. The van der Waals surface area contributed by atoms with Gasteiger partial charge in [0.15, 0.2) is 0 Å². The SMILES string of the molecule is CC1=NC(C)(F)CS1. The van der Waals surface area contributed by atoms with Crippen molar-refractivity contribution < 1.29 is 4.39 Å². The number of hydrogen-bond donors (Lipinski definition) is 0. The Balaban J connectivity index is 2.67. The maximum atomic E-state index is 12.7. The Morgan fingerprint density at radius 3 is 2.62 bits per heavy atom. The molecule has 1 unspecified atom stereocenters. The fourth-order valence-electron chi connectivity index (χ4n) is 0.629. The first-order chi connectivity index (χ1) is 3.60. The van der Waals surface area contributed by atoms with E-state index in [9.17, 15) is 4.39 Å². The fraction of sp³-hybridized carbons (Fsp3) is 0.800. The van der Waals surface area contributed by atoms with Crippen LogP contribution in [0.2, 0.25) is 0 Å². The van der Waals surface area contributed by atoms with Crippen molar-refractivity contribution in [1.82, 2.24) is 0 Å². The highest BCUT2D eigenvalue weighted by Crippen LogP contribution is 2.27. The smallest absolute Gasteiger partial charge is 0.207 e. The van der Waals surface area contributed by atoms with E-state index in [2.05, 4.69) is 4.99 Å². The zero-order chi connectivity index (χ0) is 6.20. The van der Waals surface area contributed by atoms with Crippen LogP contribution < -0.4 is 0 Å². The van der Waals surface area contributed by atoms with E-state index in [-0.39, 0.29) is 0 Å². The Bertz CT molecular complexity index is 130. The van der Waals surface area contributed by atoms with E-state index < -0.39 is 5.79 Å². The van der Waals surface area contributed by atoms with Crippen molar-refractivity contribution in [3.05, 3.63) is 0 Å². The molecule has 0 spiro atoms. The molecule has 0 aromatic heterocycles. The van der Waals surface area contributed by atoms with Crippen LogP contribution in [0.25, 0.3) is 0 Å². The topological polar surface area (TPSA) is 12.4 Å². The summed E-state index contributed by atoms with van der Waals surface area (Å²) in [6.45, 7) is 3.33. The highest BCUT2D eigenvalue weighted by molar-refractivity contribution is 8.14. The van der Waals surface area contributed by atoms with Crippen LogP contribution in [0, 0.1) is 0 Å². The molecule has 1 atom stereocenters. The molecular formula is C5H8FNS. The summed E-state index contributed by atoms with van der Waals surface area (Å²) in [6.07, 6.45) is 0. The Labute approximate surface area is 52.4 Å². The molecule has 0 saturated heterocycles. The maximum absolute atomic E-state index is 12.7. The van der Waals surface area contributed by atoms with Gasteiger partial charge in [0.1, 0.15) is 0 Å². The minimum atomic E-state index is -1.28. The van der Waals surface area contributed by atoms with E-state index in [1.54, 1.807) is 0 Å². The molecule has 1 nitrogen and oxygen atoms in total. The van der Waals surface area contributed by atoms with Gasteiger partial charge < -0.3 is 0 Å². The molecule has 0 aromatic carbocycles. The molecule has 0 aliphatic carbocycles. The van der Waals surface area contributed by atoms with Crippen molar-refractivity contribution in [2.75, 3.05) is 5.75 Å². The van der Waals surface area contributed by atoms with Gasteiger partial charge in [-0.15, -0.1) is 11.8 Å². The molecule has 0 amide bonds. The summed E-state index contributed by atoms with van der Waals surface area (Å²) in [5, 5.41) is 0.856. The number of alkyl halides is 1. The molecular weight excluding hydrogens is 125 g/mol. The van der Waals surface area contributed by atoms with Gasteiger partial charge in [0.2, 0.25) is 5.79 Å². The second-order valence-corrected chi connectivity index (χ2v) is 3.23. The molecule has 8 heavy (non-hydrogen) atoms. The van der Waals surface area contributed by atoms with Crippen molar-refractivity contribution in [2.45, 2.75) is 19.6 Å². The van der Waals surface area contributed by atoms with Gasteiger partial charge in [0, 0.05) is 0 Å². The highest BCUT2D eigenvalue weighted by atomic mass is 32.2. The first kappa shape index (κ1) is 6.08. The zero-order valence-electron chi connectivity index (χ0n) is 4.94. The van der Waals surface area contributed by atoms with Crippen LogP contribution >= 0.6 is 11.8 Å². The van der Waals surface area contributed by atoms with Gasteiger partial charge in [0.25, 0.3) is 0 Å². The van der Waals surface area contributed by atoms with Crippen molar-refractivity contribution >= 4 is 16.8 Å². The standard InChI is InChI=1S/C5H8FNS/c1-4-7-5(2,6)3-8-4/h3H2,1-2H3. The Kier molecular flexibility index (Phi) is 1.31. The molecule has 0 saturated carbocycles. The second-order valence-electron chi connectivity index (χ2n) is 2.06. The molecule has 0 aromatic rings. The first-order valence-electron chi connectivity index (χ1n) is 2.48. The third-order valence-corrected chi connectivity index (χ3v) is 2.12. The summed E-state index contributed by atoms with van der Waals surface area (Å²) in [7, 11) is 0. The van der Waals surface area contributed by atoms with E-state index in [0.717, 1.165) is 5.04 Å². The number of nitrogens with zero attached hydrogens (tertiary/aromatic N) is 1. The van der Waals surface area contributed by atoms with Gasteiger partial charge in [-0.2, -0.15) is 0 Å². The maximum Gasteiger partial charge on any atom is 0.207 e. The molecule has 1 rings (SSSR count). The normalized spacial score (nSPS) is 37.6. The predicted molar refractivity (Wildman–Crippen MR) is 35.1 cm³/mol. The molecule has 1 aliphatic rings. The number of halogens is 1. The molecule has 1 heterocycles. The largest absolute Gasteiger partial charge is 0.243 e. The molecule has 1 aliphatic heterocycles. The summed E-state index contributed by atoms with van der Waals surface area (Å²) in [6, 6.07) is 0. The van der Waals surface area contributed by atoms with Gasteiger partial charge >= 0.3 is 0 Å². The lowest BCUT2D eigenvalue weighted by atomic mass is 10.4. The van der Waals surface area contributed by atoms with E-state index in [1.807, 2.05) is 6.92 Å². The highest BCUT2D eigenvalue weighted by Gasteiger charge is 2.27. The Hall–Kier alpha value is -0.0500. The van der Waals surface area contributed by atoms with Crippen LogP contribution in [-0.2, 0) is 0 Å². The van der Waals surface area contributed by atoms with Gasteiger partial charge in [0.05, 0.1) is 10.8 Å². The number of hydrogen-bond acceptors (Lipinski definition) is 2. The fourth-order valence-corrected chi connectivity index (χ4v) is 1.42. The number of thioether (sulfide) groups is 1. The lowest BCUT2D eigenvalue weighted by molar-refractivity contribution is 0.242. The summed E-state index contributed by atoms with van der Waals surface area (Å²) >= 11 is 1.48. The average molecular weight is 133 g/mol. The van der Waals surface area contributed by atoms with Crippen LogP contribution in [-0.4, -0.2) is 16.6 Å². The van der Waals surface area contributed by atoms with Crippen LogP contribution in [0.4, 0.5) is 4.39 Å². The summed E-state index contributed by atoms with van der Waals surface area (Å²) in [4.78, 5) is 3.73. The van der Waals surface area contributed by atoms with Crippen LogP contribution in [0.5, 0.6) is 0 Å². The first-order valence-corrected chi connectivity index (χ1v) is 3.47. The summed E-state index contributed by atoms with van der Waals surface area (Å²) in [5.74, 6) is -0.798. The Morgan fingerprint density at radius 2 is 2.50 bits per heavy atom. The van der Waals surface area contributed by atoms with Gasteiger partial charge in [-0.1, -0.05) is 0 Å². The average Bonchev–Trinajstić information content (AvgIpc) is 1.82. The summed E-state index contributed by atoms with van der Waals surface area (Å²) < 4.78 is 12.7. The van der Waals surface area contributed by atoms with E-state index >= 15 is 0 Å². The molecule has 0 N–H and O–H groups in total. The molecule has 46 valence electrons. The number of aliphatic imine (C=N–C) groups is 1. The monoisotopic (exact) mass is 133 g/mol.